The van der Waals surface area contributed by atoms with Crippen molar-refractivity contribution in [2.24, 2.45) is 11.0 Å². The zero-order valence-corrected chi connectivity index (χ0v) is 5.71. The normalized spacial score (nSPS) is 9.11. The number of rotatable bonds is 5. The fraction of sp³-hybridized carbons (Fsp3) is 1.00. The zero-order chi connectivity index (χ0) is 7.11. The highest BCUT2D eigenvalue weighted by atomic mass is 16.3. The van der Waals surface area contributed by atoms with Crippen LogP contribution in [-0.2, 0) is 0 Å². The summed E-state index contributed by atoms with van der Waals surface area (Å²) < 4.78 is 0. The third kappa shape index (κ3) is 3.90. The molecular formula is C5H13N3O. The van der Waals surface area contributed by atoms with Gasteiger partial charge in [0, 0.05) is 13.1 Å². The Morgan fingerprint density at radius 1 is 1.56 bits per heavy atom. The van der Waals surface area contributed by atoms with Crippen molar-refractivity contribution in [3.63, 3.8) is 0 Å². The van der Waals surface area contributed by atoms with Crippen LogP contribution in [0.15, 0.2) is 5.29 Å². The Hall–Kier alpha value is -0.640. The summed E-state index contributed by atoms with van der Waals surface area (Å²) in [7, 11) is 0. The molecule has 0 amide bonds. The van der Waals surface area contributed by atoms with Gasteiger partial charge in [-0.2, -0.15) is 0 Å². The van der Waals surface area contributed by atoms with Gasteiger partial charge in [-0.05, 0) is 6.42 Å². The molecule has 0 rings (SSSR count). The first-order chi connectivity index (χ1) is 4.35. The first kappa shape index (κ1) is 8.36. The van der Waals surface area contributed by atoms with Crippen molar-refractivity contribution in [2.45, 2.75) is 13.3 Å². The predicted molar refractivity (Wildman–Crippen MR) is 36.7 cm³/mol. The van der Waals surface area contributed by atoms with Crippen LogP contribution in [-0.4, -0.2) is 24.6 Å². The molecule has 0 aliphatic heterocycles. The molecule has 0 aromatic carbocycles. The summed E-state index contributed by atoms with van der Waals surface area (Å²) in [5, 5.41) is 4.20. The van der Waals surface area contributed by atoms with E-state index in [9.17, 15) is 4.91 Å². The van der Waals surface area contributed by atoms with E-state index in [1.54, 1.807) is 0 Å². The molecule has 0 radical (unpaired) electrons. The summed E-state index contributed by atoms with van der Waals surface area (Å²) in [5.41, 5.74) is 5.19. The maximum Gasteiger partial charge on any atom is 0.0524 e. The summed E-state index contributed by atoms with van der Waals surface area (Å²) >= 11 is 0. The number of nitroso groups, excluding NO2 is 1. The van der Waals surface area contributed by atoms with E-state index in [2.05, 4.69) is 5.29 Å². The van der Waals surface area contributed by atoms with Crippen LogP contribution in [0.4, 0.5) is 0 Å². The smallest absolute Gasteiger partial charge is 0.0524 e. The number of nitrogens with zero attached hydrogens (tertiary/aromatic N) is 2. The number of hydrogen-bond acceptors (Lipinski definition) is 3. The average molecular weight is 131 g/mol. The Morgan fingerprint density at radius 3 is 2.56 bits per heavy atom. The Labute approximate surface area is 55.0 Å². The summed E-state index contributed by atoms with van der Waals surface area (Å²) in [6.07, 6.45) is 0.936. The van der Waals surface area contributed by atoms with Gasteiger partial charge >= 0.3 is 0 Å². The minimum atomic E-state index is 0.492. The van der Waals surface area contributed by atoms with Crippen LogP contribution < -0.4 is 5.73 Å². The van der Waals surface area contributed by atoms with Crippen molar-refractivity contribution in [3.05, 3.63) is 4.91 Å². The zero-order valence-electron chi connectivity index (χ0n) is 5.71. The van der Waals surface area contributed by atoms with Gasteiger partial charge in [-0.3, -0.25) is 5.01 Å². The maximum atomic E-state index is 9.91. The first-order valence-corrected chi connectivity index (χ1v) is 3.13. The van der Waals surface area contributed by atoms with Gasteiger partial charge in [0.05, 0.1) is 11.8 Å². The largest absolute Gasteiger partial charge is 0.329 e. The minimum Gasteiger partial charge on any atom is -0.329 e. The summed E-state index contributed by atoms with van der Waals surface area (Å²) in [6, 6.07) is 0. The summed E-state index contributed by atoms with van der Waals surface area (Å²) in [5.74, 6) is 0. The second-order valence-electron chi connectivity index (χ2n) is 1.82. The molecular weight excluding hydrogens is 118 g/mol. The molecule has 0 heterocycles. The van der Waals surface area contributed by atoms with E-state index in [0.29, 0.717) is 19.6 Å². The second-order valence-corrected chi connectivity index (χ2v) is 1.82. The van der Waals surface area contributed by atoms with Gasteiger partial charge in [-0.25, -0.2) is 0 Å². The van der Waals surface area contributed by atoms with Gasteiger partial charge in [-0.1, -0.05) is 6.92 Å². The highest BCUT2D eigenvalue weighted by Crippen LogP contribution is 1.88. The first-order valence-electron chi connectivity index (χ1n) is 3.13. The van der Waals surface area contributed by atoms with Crippen molar-refractivity contribution in [2.75, 3.05) is 19.6 Å². The van der Waals surface area contributed by atoms with Gasteiger partial charge in [0.15, 0.2) is 0 Å². The predicted octanol–water partition coefficient (Wildman–Crippen LogP) is 0.339. The van der Waals surface area contributed by atoms with Crippen molar-refractivity contribution in [3.8, 4) is 0 Å². The van der Waals surface area contributed by atoms with Crippen LogP contribution in [0.2, 0.25) is 0 Å². The molecule has 0 bridgehead atoms. The number of hydrogen-bond donors (Lipinski definition) is 1. The molecule has 0 aromatic heterocycles. The maximum absolute atomic E-state index is 9.91. The molecule has 4 heteroatoms. The van der Waals surface area contributed by atoms with Gasteiger partial charge in [0.1, 0.15) is 0 Å². The Kier molecular flexibility index (Phi) is 5.11. The third-order valence-electron chi connectivity index (χ3n) is 0.984. The van der Waals surface area contributed by atoms with Gasteiger partial charge < -0.3 is 5.73 Å². The van der Waals surface area contributed by atoms with E-state index in [1.807, 2.05) is 6.92 Å². The Morgan fingerprint density at radius 2 is 2.22 bits per heavy atom. The van der Waals surface area contributed by atoms with Gasteiger partial charge in [-0.15, -0.1) is 4.91 Å². The summed E-state index contributed by atoms with van der Waals surface area (Å²) in [4.78, 5) is 9.91. The molecule has 0 aliphatic carbocycles. The Bertz CT molecular complexity index is 70.6. The molecule has 54 valence electrons. The molecule has 0 atom stereocenters. The van der Waals surface area contributed by atoms with E-state index in [0.717, 1.165) is 6.42 Å². The van der Waals surface area contributed by atoms with Crippen LogP contribution in [0.25, 0.3) is 0 Å². The van der Waals surface area contributed by atoms with E-state index in [1.165, 1.54) is 5.01 Å². The van der Waals surface area contributed by atoms with Crippen molar-refractivity contribution >= 4 is 0 Å². The minimum absolute atomic E-state index is 0.492. The van der Waals surface area contributed by atoms with Crippen LogP contribution in [0.3, 0.4) is 0 Å². The lowest BCUT2D eigenvalue weighted by Crippen LogP contribution is -2.24. The fourth-order valence-electron chi connectivity index (χ4n) is 0.601. The Balaban J connectivity index is 3.29. The number of nitrogens with two attached hydrogens (primary N) is 1. The standard InChI is InChI=1S/C5H13N3O/c1-2-4-8(7-9)5-3-6/h2-6H2,1H3. The highest BCUT2D eigenvalue weighted by molar-refractivity contribution is 4.48. The van der Waals surface area contributed by atoms with E-state index in [-0.39, 0.29) is 0 Å². The third-order valence-corrected chi connectivity index (χ3v) is 0.984. The fourth-order valence-corrected chi connectivity index (χ4v) is 0.601. The van der Waals surface area contributed by atoms with Gasteiger partial charge in [0.25, 0.3) is 0 Å². The van der Waals surface area contributed by atoms with Crippen LogP contribution >= 0.6 is 0 Å². The average Bonchev–Trinajstić information content (AvgIpc) is 1.88. The van der Waals surface area contributed by atoms with Crippen molar-refractivity contribution < 1.29 is 0 Å². The summed E-state index contributed by atoms with van der Waals surface area (Å²) in [6.45, 7) is 3.76. The van der Waals surface area contributed by atoms with Crippen molar-refractivity contribution in [1.82, 2.24) is 5.01 Å². The highest BCUT2D eigenvalue weighted by Gasteiger charge is 1.96. The van der Waals surface area contributed by atoms with Gasteiger partial charge in [0.2, 0.25) is 0 Å². The second kappa shape index (κ2) is 5.50. The topological polar surface area (TPSA) is 58.7 Å². The molecule has 0 spiro atoms. The molecule has 0 fully saturated rings. The van der Waals surface area contributed by atoms with Crippen LogP contribution in [0.1, 0.15) is 13.3 Å². The molecule has 4 nitrogen and oxygen atoms in total. The van der Waals surface area contributed by atoms with Crippen molar-refractivity contribution in [1.29, 1.82) is 0 Å². The van der Waals surface area contributed by atoms with E-state index >= 15 is 0 Å². The van der Waals surface area contributed by atoms with E-state index in [4.69, 9.17) is 5.73 Å². The lowest BCUT2D eigenvalue weighted by atomic mass is 10.4. The van der Waals surface area contributed by atoms with Crippen LogP contribution in [0, 0.1) is 4.91 Å². The molecule has 0 aliphatic rings. The monoisotopic (exact) mass is 131 g/mol. The quantitative estimate of drug-likeness (QED) is 0.432. The van der Waals surface area contributed by atoms with E-state index < -0.39 is 0 Å². The molecule has 0 saturated carbocycles. The lowest BCUT2D eigenvalue weighted by Gasteiger charge is -2.10. The lowest BCUT2D eigenvalue weighted by molar-refractivity contribution is 0.292. The SMILES string of the molecule is CCCN(CCN)N=O. The molecule has 0 saturated heterocycles. The molecule has 2 N–H and O–H groups in total. The molecule has 9 heavy (non-hydrogen) atoms. The molecule has 0 unspecified atom stereocenters. The molecule has 0 aromatic rings. The van der Waals surface area contributed by atoms with Crippen LogP contribution in [0.5, 0.6) is 0 Å².